The van der Waals surface area contributed by atoms with E-state index in [-0.39, 0.29) is 18.5 Å². The van der Waals surface area contributed by atoms with Gasteiger partial charge in [0, 0.05) is 59.0 Å². The molecule has 0 saturated carbocycles. The van der Waals surface area contributed by atoms with Gasteiger partial charge in [-0.1, -0.05) is 12.1 Å². The average molecular weight is 402 g/mol. The number of halogens is 1. The lowest BCUT2D eigenvalue weighted by molar-refractivity contribution is -0.0950. The Kier molecular flexibility index (Phi) is 6.71. The van der Waals surface area contributed by atoms with Crippen LogP contribution in [0, 0.1) is 5.82 Å². The van der Waals surface area contributed by atoms with Crippen molar-refractivity contribution in [2.24, 2.45) is 0 Å². The molecule has 0 unspecified atom stereocenters. The van der Waals surface area contributed by atoms with E-state index in [1.54, 1.807) is 21.2 Å². The van der Waals surface area contributed by atoms with E-state index in [0.717, 1.165) is 16.8 Å². The second-order valence-electron chi connectivity index (χ2n) is 7.06. The summed E-state index contributed by atoms with van der Waals surface area (Å²) in [6.07, 6.45) is 1.35. The Morgan fingerprint density at radius 1 is 1.21 bits per heavy atom. The molecule has 3 rings (SSSR count). The van der Waals surface area contributed by atoms with Crippen molar-refractivity contribution in [2.45, 2.75) is 25.0 Å². The number of amides is 2. The summed E-state index contributed by atoms with van der Waals surface area (Å²) in [4.78, 5) is 13.2. The van der Waals surface area contributed by atoms with E-state index in [4.69, 9.17) is 14.2 Å². The molecule has 1 N–H and O–H groups in total. The number of nitrogens with one attached hydrogen (secondary N) is 1. The number of nitrogens with zero attached hydrogens (tertiary/aromatic N) is 1. The molecule has 2 aromatic carbocycles. The van der Waals surface area contributed by atoms with Gasteiger partial charge in [0.2, 0.25) is 0 Å². The zero-order valence-corrected chi connectivity index (χ0v) is 17.0. The molecule has 0 aliphatic carbocycles. The second-order valence-corrected chi connectivity index (χ2v) is 7.06. The molecule has 6 nitrogen and oxygen atoms in total. The van der Waals surface area contributed by atoms with Gasteiger partial charge in [-0.3, -0.25) is 4.90 Å². The highest BCUT2D eigenvalue weighted by atomic mass is 19.1. The van der Waals surface area contributed by atoms with E-state index in [9.17, 15) is 9.18 Å². The van der Waals surface area contributed by atoms with Crippen LogP contribution in [0.4, 0.5) is 14.9 Å². The third-order valence-electron chi connectivity index (χ3n) is 5.34. The maximum absolute atomic E-state index is 14.3. The highest BCUT2D eigenvalue weighted by Crippen LogP contribution is 2.37. The quantitative estimate of drug-likeness (QED) is 0.798. The first-order valence-corrected chi connectivity index (χ1v) is 9.58. The van der Waals surface area contributed by atoms with Crippen LogP contribution < -0.4 is 15.0 Å². The number of benzene rings is 2. The lowest BCUT2D eigenvalue weighted by Crippen LogP contribution is -2.35. The molecule has 1 saturated heterocycles. The van der Waals surface area contributed by atoms with E-state index < -0.39 is 5.60 Å². The minimum atomic E-state index is -0.551. The number of hydrogen-bond acceptors (Lipinski definition) is 4. The van der Waals surface area contributed by atoms with E-state index in [2.05, 4.69) is 5.32 Å². The predicted octanol–water partition coefficient (Wildman–Crippen LogP) is 3.83. The van der Waals surface area contributed by atoms with Gasteiger partial charge in [0.1, 0.15) is 18.2 Å². The summed E-state index contributed by atoms with van der Waals surface area (Å²) in [7, 11) is 4.93. The zero-order valence-electron chi connectivity index (χ0n) is 17.0. The summed E-state index contributed by atoms with van der Waals surface area (Å²) in [5.41, 5.74) is 1.89. The summed E-state index contributed by atoms with van der Waals surface area (Å²) in [6.45, 7) is 1.45. The number of carbonyl (C=O) groups is 1. The Labute approximate surface area is 170 Å². The van der Waals surface area contributed by atoms with Gasteiger partial charge in [-0.25, -0.2) is 9.18 Å². The standard InChI is InChI=1S/C22H27FN2O4/c1-24-21(26)25(2)19-6-4-16(5-7-19)15-29-20-13-17(12-18(23)14-20)22(27-3)8-10-28-11-9-22/h4-7,12-14H,8-11,15H2,1-3H3,(H,24,26). The average Bonchev–Trinajstić information content (AvgIpc) is 2.77. The number of urea groups is 1. The smallest absolute Gasteiger partial charge is 0.321 e. The van der Waals surface area contributed by atoms with Crippen LogP contribution in [0.3, 0.4) is 0 Å². The number of methoxy groups -OCH3 is 1. The molecular formula is C22H27FN2O4. The van der Waals surface area contributed by atoms with Crippen LogP contribution in [0.2, 0.25) is 0 Å². The number of hydrogen-bond donors (Lipinski definition) is 1. The summed E-state index contributed by atoms with van der Waals surface area (Å²) in [5, 5.41) is 2.58. The van der Waals surface area contributed by atoms with E-state index >= 15 is 0 Å². The van der Waals surface area contributed by atoms with Gasteiger partial charge in [0.15, 0.2) is 0 Å². The van der Waals surface area contributed by atoms with Crippen LogP contribution in [0.1, 0.15) is 24.0 Å². The Bertz CT molecular complexity index is 835. The van der Waals surface area contributed by atoms with E-state index in [1.807, 2.05) is 30.3 Å². The van der Waals surface area contributed by atoms with Crippen molar-refractivity contribution in [3.05, 3.63) is 59.4 Å². The Hall–Kier alpha value is -2.64. The van der Waals surface area contributed by atoms with Gasteiger partial charge in [-0.15, -0.1) is 0 Å². The summed E-state index contributed by atoms with van der Waals surface area (Å²) in [6, 6.07) is 12.0. The molecule has 2 aromatic rings. The third-order valence-corrected chi connectivity index (χ3v) is 5.34. The SMILES string of the molecule is CNC(=O)N(C)c1ccc(COc2cc(F)cc(C3(OC)CCOCC3)c2)cc1. The lowest BCUT2D eigenvalue weighted by Gasteiger charge is -2.36. The molecule has 0 spiro atoms. The fourth-order valence-corrected chi connectivity index (χ4v) is 3.49. The molecule has 1 fully saturated rings. The Balaban J connectivity index is 1.71. The van der Waals surface area contributed by atoms with Crippen molar-refractivity contribution in [1.29, 1.82) is 0 Å². The van der Waals surface area contributed by atoms with Gasteiger partial charge in [-0.2, -0.15) is 0 Å². The van der Waals surface area contributed by atoms with Crippen molar-refractivity contribution in [3.63, 3.8) is 0 Å². The molecule has 1 aliphatic heterocycles. The van der Waals surface area contributed by atoms with Crippen molar-refractivity contribution in [3.8, 4) is 5.75 Å². The van der Waals surface area contributed by atoms with Crippen molar-refractivity contribution in [2.75, 3.05) is 39.3 Å². The number of rotatable bonds is 6. The van der Waals surface area contributed by atoms with Gasteiger partial charge in [0.25, 0.3) is 0 Å². The normalized spacial score (nSPS) is 15.6. The molecule has 29 heavy (non-hydrogen) atoms. The molecule has 1 heterocycles. The Morgan fingerprint density at radius 2 is 1.90 bits per heavy atom. The molecular weight excluding hydrogens is 375 g/mol. The second kappa shape index (κ2) is 9.24. The van der Waals surface area contributed by atoms with Crippen LogP contribution in [0.25, 0.3) is 0 Å². The minimum Gasteiger partial charge on any atom is -0.489 e. The maximum atomic E-state index is 14.3. The van der Waals surface area contributed by atoms with Crippen LogP contribution >= 0.6 is 0 Å². The topological polar surface area (TPSA) is 60.0 Å². The fraction of sp³-hybridized carbons (Fsp3) is 0.409. The Morgan fingerprint density at radius 3 is 2.52 bits per heavy atom. The minimum absolute atomic E-state index is 0.193. The maximum Gasteiger partial charge on any atom is 0.321 e. The molecule has 0 radical (unpaired) electrons. The fourth-order valence-electron chi connectivity index (χ4n) is 3.49. The molecule has 1 aliphatic rings. The van der Waals surface area contributed by atoms with Crippen LogP contribution in [-0.2, 0) is 21.7 Å². The molecule has 0 atom stereocenters. The summed E-state index contributed by atoms with van der Waals surface area (Å²) >= 11 is 0. The van der Waals surface area contributed by atoms with Gasteiger partial charge < -0.3 is 19.5 Å². The number of anilines is 1. The van der Waals surface area contributed by atoms with Gasteiger partial charge in [0.05, 0.1) is 5.60 Å². The van der Waals surface area contributed by atoms with Crippen LogP contribution in [0.5, 0.6) is 5.75 Å². The first kappa shape index (κ1) is 21.1. The molecule has 156 valence electrons. The highest BCUT2D eigenvalue weighted by molar-refractivity contribution is 5.91. The number of ether oxygens (including phenoxy) is 3. The number of carbonyl (C=O) groups excluding carboxylic acids is 1. The van der Waals surface area contributed by atoms with Crippen molar-refractivity contribution >= 4 is 11.7 Å². The van der Waals surface area contributed by atoms with E-state index in [1.165, 1.54) is 17.0 Å². The van der Waals surface area contributed by atoms with Crippen LogP contribution in [0.15, 0.2) is 42.5 Å². The van der Waals surface area contributed by atoms with E-state index in [0.29, 0.717) is 31.8 Å². The monoisotopic (exact) mass is 402 g/mol. The van der Waals surface area contributed by atoms with Crippen molar-refractivity contribution < 1.29 is 23.4 Å². The van der Waals surface area contributed by atoms with Gasteiger partial charge in [-0.05, 0) is 35.4 Å². The molecule has 0 aromatic heterocycles. The summed E-state index contributed by atoms with van der Waals surface area (Å²) in [5.74, 6) is 0.0949. The predicted molar refractivity (Wildman–Crippen MR) is 109 cm³/mol. The third kappa shape index (κ3) is 4.86. The first-order valence-electron chi connectivity index (χ1n) is 9.58. The molecule has 7 heteroatoms. The van der Waals surface area contributed by atoms with Crippen LogP contribution in [-0.4, -0.2) is 40.5 Å². The van der Waals surface area contributed by atoms with Crippen molar-refractivity contribution in [1.82, 2.24) is 5.32 Å². The first-order chi connectivity index (χ1) is 14.0. The zero-order chi connectivity index (χ0) is 20.9. The lowest BCUT2D eigenvalue weighted by atomic mass is 9.86. The largest absolute Gasteiger partial charge is 0.489 e. The molecule has 2 amide bonds. The highest BCUT2D eigenvalue weighted by Gasteiger charge is 2.35. The molecule has 0 bridgehead atoms. The van der Waals surface area contributed by atoms with Gasteiger partial charge >= 0.3 is 6.03 Å². The summed E-state index contributed by atoms with van der Waals surface area (Å²) < 4.78 is 31.3.